The predicted octanol–water partition coefficient (Wildman–Crippen LogP) is 2.31. The number of hydrogen-bond donors (Lipinski definition) is 1. The number of rotatable bonds is 5. The lowest BCUT2D eigenvalue weighted by Gasteiger charge is -2.20. The van der Waals surface area contributed by atoms with Crippen LogP contribution >= 0.6 is 0 Å². The second kappa shape index (κ2) is 7.51. The largest absolute Gasteiger partial charge is 0.548 e. The van der Waals surface area contributed by atoms with Crippen molar-refractivity contribution in [1.82, 2.24) is 5.32 Å². The molecule has 7 nitrogen and oxygen atoms in total. The van der Waals surface area contributed by atoms with Crippen molar-refractivity contribution >= 4 is 33.8 Å². The van der Waals surface area contributed by atoms with Crippen LogP contribution in [0.15, 0.2) is 62.4 Å². The van der Waals surface area contributed by atoms with E-state index in [9.17, 15) is 19.5 Å². The number of aryl methyl sites for hydroxylation is 2. The molecule has 0 saturated heterocycles. The van der Waals surface area contributed by atoms with Gasteiger partial charge in [-0.2, -0.15) is 0 Å². The highest BCUT2D eigenvalue weighted by Gasteiger charge is 2.20. The summed E-state index contributed by atoms with van der Waals surface area (Å²) >= 11 is 0. The second-order valence-electron chi connectivity index (χ2n) is 7.16. The number of carboxylic acid groups (broad SMARTS) is 1. The number of carbonyl (C=O) groups is 2. The van der Waals surface area contributed by atoms with Gasteiger partial charge >= 0.3 is 5.63 Å². The molecule has 2 heterocycles. The lowest BCUT2D eigenvalue weighted by atomic mass is 10.0. The van der Waals surface area contributed by atoms with Crippen LogP contribution in [0.4, 0.5) is 0 Å². The van der Waals surface area contributed by atoms with Crippen molar-refractivity contribution in [1.29, 1.82) is 0 Å². The average Bonchev–Trinajstić information content (AvgIpc) is 3.08. The number of carboxylic acids is 1. The third-order valence-electron chi connectivity index (χ3n) is 5.19. The van der Waals surface area contributed by atoms with Crippen molar-refractivity contribution in [3.05, 3.63) is 81.4 Å². The summed E-state index contributed by atoms with van der Waals surface area (Å²) in [5.74, 6) is -2.06. The fourth-order valence-electron chi connectivity index (χ4n) is 3.54. The summed E-state index contributed by atoms with van der Waals surface area (Å²) in [6.07, 6.45) is 1.30. The summed E-state index contributed by atoms with van der Waals surface area (Å²) in [5.41, 5.74) is 2.41. The summed E-state index contributed by atoms with van der Waals surface area (Å²) in [6, 6.07) is 10.4. The van der Waals surface area contributed by atoms with E-state index >= 15 is 0 Å². The minimum Gasteiger partial charge on any atom is -0.548 e. The number of benzene rings is 2. The highest BCUT2D eigenvalue weighted by Crippen LogP contribution is 2.28. The van der Waals surface area contributed by atoms with Gasteiger partial charge in [0.15, 0.2) is 0 Å². The van der Waals surface area contributed by atoms with E-state index in [0.717, 1.165) is 10.9 Å². The molecule has 0 aliphatic heterocycles. The maximum Gasteiger partial charge on any atom is 0.340 e. The monoisotopic (exact) mass is 404 g/mol. The lowest BCUT2D eigenvalue weighted by molar-refractivity contribution is -0.308. The summed E-state index contributed by atoms with van der Waals surface area (Å²) in [6.45, 7) is 3.64. The van der Waals surface area contributed by atoms with Crippen LogP contribution in [0, 0.1) is 13.8 Å². The van der Waals surface area contributed by atoms with E-state index in [4.69, 9.17) is 8.83 Å². The van der Waals surface area contributed by atoms with Gasteiger partial charge in [-0.3, -0.25) is 4.79 Å². The zero-order valence-electron chi connectivity index (χ0n) is 16.4. The first-order valence-corrected chi connectivity index (χ1v) is 9.34. The Balaban J connectivity index is 1.68. The lowest BCUT2D eigenvalue weighted by Crippen LogP contribution is -2.42. The fourth-order valence-corrected chi connectivity index (χ4v) is 3.54. The minimum atomic E-state index is -1.44. The first-order valence-electron chi connectivity index (χ1n) is 9.34. The Morgan fingerprint density at radius 1 is 1.07 bits per heavy atom. The zero-order valence-corrected chi connectivity index (χ0v) is 16.4. The van der Waals surface area contributed by atoms with Gasteiger partial charge in [0.1, 0.15) is 11.2 Å². The topological polar surface area (TPSA) is 113 Å². The van der Waals surface area contributed by atoms with Gasteiger partial charge in [-0.05, 0) is 36.6 Å². The minimum absolute atomic E-state index is 0.172. The van der Waals surface area contributed by atoms with Gasteiger partial charge in [0.2, 0.25) is 5.91 Å². The number of hydrogen-bond acceptors (Lipinski definition) is 6. The molecule has 4 aromatic rings. The van der Waals surface area contributed by atoms with Crippen molar-refractivity contribution in [2.24, 2.45) is 0 Å². The molecule has 0 bridgehead atoms. The third-order valence-corrected chi connectivity index (χ3v) is 5.19. The number of nitrogens with one attached hydrogen (secondary N) is 1. The van der Waals surface area contributed by atoms with Crippen molar-refractivity contribution in [3.8, 4) is 0 Å². The molecule has 4 rings (SSSR count). The second-order valence-corrected chi connectivity index (χ2v) is 7.16. The van der Waals surface area contributed by atoms with Crippen LogP contribution in [0.25, 0.3) is 21.9 Å². The van der Waals surface area contributed by atoms with Crippen LogP contribution in [0.5, 0.6) is 0 Å². The number of aliphatic carboxylic acids is 1. The van der Waals surface area contributed by atoms with Crippen LogP contribution in [0.2, 0.25) is 0 Å². The smallest absolute Gasteiger partial charge is 0.340 e. The molecule has 1 amide bonds. The van der Waals surface area contributed by atoms with Crippen molar-refractivity contribution in [2.45, 2.75) is 26.3 Å². The Labute approximate surface area is 170 Å². The van der Waals surface area contributed by atoms with Gasteiger partial charge in [0, 0.05) is 16.8 Å². The quantitative estimate of drug-likeness (QED) is 0.511. The van der Waals surface area contributed by atoms with E-state index in [1.165, 1.54) is 0 Å². The van der Waals surface area contributed by atoms with E-state index in [1.54, 1.807) is 49.6 Å². The Morgan fingerprint density at radius 2 is 1.80 bits per heavy atom. The van der Waals surface area contributed by atoms with Crippen LogP contribution in [0.1, 0.15) is 28.3 Å². The third kappa shape index (κ3) is 3.45. The first kappa shape index (κ1) is 19.4. The van der Waals surface area contributed by atoms with Gasteiger partial charge in [0.25, 0.3) is 0 Å². The molecule has 0 spiro atoms. The molecule has 1 atom stereocenters. The van der Waals surface area contributed by atoms with E-state index in [-0.39, 0.29) is 12.0 Å². The molecule has 0 aliphatic carbocycles. The van der Waals surface area contributed by atoms with Crippen LogP contribution in [-0.2, 0) is 16.0 Å². The number of furan rings is 1. The number of fused-ring (bicyclic) bond motifs is 2. The maximum absolute atomic E-state index is 12.6. The molecule has 2 aromatic carbocycles. The highest BCUT2D eigenvalue weighted by molar-refractivity contribution is 5.96. The van der Waals surface area contributed by atoms with Crippen molar-refractivity contribution < 1.29 is 23.5 Å². The van der Waals surface area contributed by atoms with E-state index < -0.39 is 23.5 Å². The van der Waals surface area contributed by atoms with Gasteiger partial charge in [-0.15, -0.1) is 0 Å². The molecule has 0 saturated carbocycles. The van der Waals surface area contributed by atoms with E-state index in [0.29, 0.717) is 27.7 Å². The molecule has 0 radical (unpaired) electrons. The Bertz CT molecular complexity index is 1330. The van der Waals surface area contributed by atoms with Crippen molar-refractivity contribution in [2.75, 3.05) is 0 Å². The zero-order chi connectivity index (χ0) is 21.4. The summed E-state index contributed by atoms with van der Waals surface area (Å²) in [5, 5.41) is 15.5. The fraction of sp³-hybridized carbons (Fsp3) is 0.174. The molecule has 0 aliphatic rings. The molecule has 1 N–H and O–H groups in total. The first-order chi connectivity index (χ1) is 14.3. The molecule has 30 heavy (non-hydrogen) atoms. The molecule has 0 unspecified atom stereocenters. The molecule has 2 aromatic heterocycles. The van der Waals surface area contributed by atoms with E-state index in [2.05, 4.69) is 5.32 Å². The van der Waals surface area contributed by atoms with Gasteiger partial charge in [0.05, 0.1) is 30.3 Å². The summed E-state index contributed by atoms with van der Waals surface area (Å²) < 4.78 is 10.9. The van der Waals surface area contributed by atoms with Crippen LogP contribution < -0.4 is 16.0 Å². The maximum atomic E-state index is 12.6. The summed E-state index contributed by atoms with van der Waals surface area (Å²) in [4.78, 5) is 36.6. The molecule has 7 heteroatoms. The Kier molecular flexibility index (Phi) is 4.87. The van der Waals surface area contributed by atoms with Gasteiger partial charge in [-0.1, -0.05) is 30.3 Å². The SMILES string of the molecule is Cc1coc2cc3oc(=O)c(CC(=O)N[C@@H](C(=O)[O-])c4ccccc4)c(C)c3cc12. The highest BCUT2D eigenvalue weighted by atomic mass is 16.4. The predicted molar refractivity (Wildman–Crippen MR) is 108 cm³/mol. The van der Waals surface area contributed by atoms with Crippen LogP contribution in [0.3, 0.4) is 0 Å². The summed E-state index contributed by atoms with van der Waals surface area (Å²) in [7, 11) is 0. The molecule has 0 fully saturated rings. The van der Waals surface area contributed by atoms with Gasteiger partial charge in [-0.25, -0.2) is 4.79 Å². The normalized spacial score (nSPS) is 12.2. The average molecular weight is 404 g/mol. The number of amides is 1. The molecular weight excluding hydrogens is 386 g/mol. The van der Waals surface area contributed by atoms with Crippen LogP contribution in [-0.4, -0.2) is 11.9 Å². The number of carbonyl (C=O) groups excluding carboxylic acids is 2. The van der Waals surface area contributed by atoms with Gasteiger partial charge < -0.3 is 24.1 Å². The Hall–Kier alpha value is -3.87. The Morgan fingerprint density at radius 3 is 2.50 bits per heavy atom. The van der Waals surface area contributed by atoms with E-state index in [1.807, 2.05) is 13.0 Å². The standard InChI is InChI=1S/C23H19NO6/c1-12-11-29-18-10-19-16(8-15(12)18)13(2)17(23(28)30-19)9-20(25)24-21(22(26)27)14-6-4-3-5-7-14/h3-8,10-11,21H,9H2,1-2H3,(H,24,25)(H,26,27)/p-1/t21-/m1/s1. The molecule has 152 valence electrons. The van der Waals surface area contributed by atoms with Crippen molar-refractivity contribution in [3.63, 3.8) is 0 Å². The molecular formula is C23H18NO6-.